The Morgan fingerprint density at radius 2 is 1.67 bits per heavy atom. The molecule has 0 fully saturated rings. The van der Waals surface area contributed by atoms with Gasteiger partial charge in [0.05, 0.1) is 5.69 Å². The topological polar surface area (TPSA) is 35.5 Å². The second-order valence-corrected chi connectivity index (χ2v) is 4.33. The molecule has 0 amide bonds. The minimum Gasteiger partial charge on any atom is -0.331 e. The molecule has 92 valence electrons. The molecule has 2 rings (SSSR count). The van der Waals surface area contributed by atoms with E-state index in [1.165, 1.54) is 5.56 Å². The average molecular weight is 258 g/mol. The highest BCUT2D eigenvalue weighted by Gasteiger charge is 2.08. The predicted molar refractivity (Wildman–Crippen MR) is 78.1 cm³/mol. The molecule has 3 nitrogen and oxygen atoms in total. The Labute approximate surface area is 112 Å². The summed E-state index contributed by atoms with van der Waals surface area (Å²) in [5.74, 6) is 0. The second kappa shape index (κ2) is 5.62. The van der Waals surface area contributed by atoms with Gasteiger partial charge < -0.3 is 5.32 Å². The number of rotatable bonds is 2. The van der Waals surface area contributed by atoms with Crippen LogP contribution in [0, 0.1) is 6.92 Å². The van der Waals surface area contributed by atoms with Gasteiger partial charge >= 0.3 is 0 Å². The van der Waals surface area contributed by atoms with Crippen LogP contribution in [0.2, 0.25) is 0 Å². The van der Waals surface area contributed by atoms with Gasteiger partial charge in [0, 0.05) is 5.69 Å². The quantitative estimate of drug-likeness (QED) is 0.637. The first-order valence-electron chi connectivity index (χ1n) is 5.58. The first-order valence-corrected chi connectivity index (χ1v) is 5.99. The molecular formula is C14H14N2OS. The first kappa shape index (κ1) is 12.5. The zero-order chi connectivity index (χ0) is 13.0. The van der Waals surface area contributed by atoms with Gasteiger partial charge in [-0.3, -0.25) is 5.21 Å². The van der Waals surface area contributed by atoms with Gasteiger partial charge in [-0.05, 0) is 43.4 Å². The summed E-state index contributed by atoms with van der Waals surface area (Å²) in [6.07, 6.45) is 0. The Morgan fingerprint density at radius 1 is 1.06 bits per heavy atom. The molecule has 0 saturated heterocycles. The molecule has 0 bridgehead atoms. The molecule has 18 heavy (non-hydrogen) atoms. The minimum atomic E-state index is 0.241. The van der Waals surface area contributed by atoms with E-state index < -0.39 is 0 Å². The molecule has 0 aliphatic carbocycles. The van der Waals surface area contributed by atoms with E-state index in [2.05, 4.69) is 5.32 Å². The van der Waals surface area contributed by atoms with Crippen LogP contribution in [0.25, 0.3) is 0 Å². The molecule has 0 aromatic heterocycles. The van der Waals surface area contributed by atoms with Gasteiger partial charge in [-0.15, -0.1) is 0 Å². The van der Waals surface area contributed by atoms with Crippen molar-refractivity contribution < 1.29 is 5.21 Å². The number of hydrogen-bond acceptors (Lipinski definition) is 2. The van der Waals surface area contributed by atoms with Crippen LogP contribution in [-0.4, -0.2) is 10.3 Å². The van der Waals surface area contributed by atoms with Crippen LogP contribution in [-0.2, 0) is 0 Å². The van der Waals surface area contributed by atoms with Gasteiger partial charge in [0.15, 0.2) is 0 Å². The molecule has 2 N–H and O–H groups in total. The van der Waals surface area contributed by atoms with Crippen molar-refractivity contribution in [2.75, 3.05) is 10.4 Å². The number of hydroxylamine groups is 1. The van der Waals surface area contributed by atoms with Crippen molar-refractivity contribution in [3.63, 3.8) is 0 Å². The van der Waals surface area contributed by atoms with E-state index in [9.17, 15) is 5.21 Å². The monoisotopic (exact) mass is 258 g/mol. The standard InChI is InChI=1S/C14H14N2OS/c1-11-7-9-12(10-8-11)15-14(18)16(17)13-5-3-2-4-6-13/h2-10,17H,1H3,(H,15,18). The van der Waals surface area contributed by atoms with E-state index in [1.54, 1.807) is 12.1 Å². The number of anilines is 2. The highest BCUT2D eigenvalue weighted by Crippen LogP contribution is 2.14. The van der Waals surface area contributed by atoms with Gasteiger partial charge in [-0.1, -0.05) is 35.9 Å². The lowest BCUT2D eigenvalue weighted by Crippen LogP contribution is -2.31. The van der Waals surface area contributed by atoms with Crippen molar-refractivity contribution in [1.29, 1.82) is 0 Å². The number of hydrogen-bond donors (Lipinski definition) is 2. The van der Waals surface area contributed by atoms with Crippen LogP contribution in [0.15, 0.2) is 54.6 Å². The third-order valence-corrected chi connectivity index (χ3v) is 2.77. The smallest absolute Gasteiger partial charge is 0.202 e. The molecule has 0 radical (unpaired) electrons. The summed E-state index contributed by atoms with van der Waals surface area (Å²) in [6, 6.07) is 16.9. The summed E-state index contributed by atoms with van der Waals surface area (Å²) < 4.78 is 0. The molecule has 0 unspecified atom stereocenters. The van der Waals surface area contributed by atoms with Crippen LogP contribution in [0.4, 0.5) is 11.4 Å². The fraction of sp³-hybridized carbons (Fsp3) is 0.0714. The number of benzene rings is 2. The third-order valence-electron chi connectivity index (χ3n) is 2.50. The number of nitrogens with zero attached hydrogens (tertiary/aromatic N) is 1. The molecule has 2 aromatic carbocycles. The highest BCUT2D eigenvalue weighted by molar-refractivity contribution is 7.80. The lowest BCUT2D eigenvalue weighted by Gasteiger charge is -2.18. The molecule has 0 aliphatic heterocycles. The van der Waals surface area contributed by atoms with E-state index in [4.69, 9.17) is 12.2 Å². The van der Waals surface area contributed by atoms with Crippen LogP contribution >= 0.6 is 12.2 Å². The predicted octanol–water partition coefficient (Wildman–Crippen LogP) is 3.59. The van der Waals surface area contributed by atoms with Crippen molar-refractivity contribution in [3.8, 4) is 0 Å². The zero-order valence-electron chi connectivity index (χ0n) is 10.00. The normalized spacial score (nSPS) is 9.89. The van der Waals surface area contributed by atoms with Crippen molar-refractivity contribution in [2.24, 2.45) is 0 Å². The van der Waals surface area contributed by atoms with E-state index in [-0.39, 0.29) is 5.11 Å². The summed E-state index contributed by atoms with van der Waals surface area (Å²) in [7, 11) is 0. The summed E-state index contributed by atoms with van der Waals surface area (Å²) >= 11 is 5.14. The molecule has 0 atom stereocenters. The largest absolute Gasteiger partial charge is 0.331 e. The molecule has 0 aliphatic rings. The van der Waals surface area contributed by atoms with Crippen molar-refractivity contribution in [1.82, 2.24) is 0 Å². The maximum atomic E-state index is 9.93. The number of para-hydroxylation sites is 1. The van der Waals surface area contributed by atoms with Gasteiger partial charge in [0.2, 0.25) is 5.11 Å². The van der Waals surface area contributed by atoms with Crippen LogP contribution in [0.1, 0.15) is 5.56 Å². The van der Waals surface area contributed by atoms with Crippen molar-refractivity contribution in [3.05, 3.63) is 60.2 Å². The fourth-order valence-corrected chi connectivity index (χ4v) is 1.72. The van der Waals surface area contributed by atoms with Crippen LogP contribution in [0.3, 0.4) is 0 Å². The van der Waals surface area contributed by atoms with Crippen LogP contribution < -0.4 is 10.4 Å². The lowest BCUT2D eigenvalue weighted by molar-refractivity contribution is 0.314. The highest BCUT2D eigenvalue weighted by atomic mass is 32.1. The summed E-state index contributed by atoms with van der Waals surface area (Å²) in [6.45, 7) is 2.02. The Kier molecular flexibility index (Phi) is 3.92. The van der Waals surface area contributed by atoms with Crippen LogP contribution in [0.5, 0.6) is 0 Å². The molecule has 4 heteroatoms. The molecule has 0 spiro atoms. The minimum absolute atomic E-state index is 0.241. The molecule has 0 heterocycles. The number of aryl methyl sites for hydroxylation is 1. The summed E-state index contributed by atoms with van der Waals surface area (Å²) in [5, 5.41) is 14.1. The van der Waals surface area contributed by atoms with Gasteiger partial charge in [0.25, 0.3) is 0 Å². The number of thiocarbonyl (C=S) groups is 1. The van der Waals surface area contributed by atoms with Gasteiger partial charge in [-0.25, -0.2) is 0 Å². The Balaban J connectivity index is 2.06. The fourth-order valence-electron chi connectivity index (χ4n) is 1.50. The SMILES string of the molecule is Cc1ccc(NC(=S)N(O)c2ccccc2)cc1. The van der Waals surface area contributed by atoms with Gasteiger partial charge in [-0.2, -0.15) is 5.06 Å². The van der Waals surface area contributed by atoms with Gasteiger partial charge in [0.1, 0.15) is 0 Å². The molecular weight excluding hydrogens is 244 g/mol. The second-order valence-electron chi connectivity index (χ2n) is 3.94. The van der Waals surface area contributed by atoms with E-state index in [0.717, 1.165) is 10.8 Å². The maximum absolute atomic E-state index is 9.93. The van der Waals surface area contributed by atoms with E-state index in [1.807, 2.05) is 49.4 Å². The average Bonchev–Trinajstić information content (AvgIpc) is 2.41. The van der Waals surface area contributed by atoms with E-state index >= 15 is 0 Å². The number of nitrogens with one attached hydrogen (secondary N) is 1. The lowest BCUT2D eigenvalue weighted by atomic mass is 10.2. The molecule has 0 saturated carbocycles. The van der Waals surface area contributed by atoms with Crippen molar-refractivity contribution in [2.45, 2.75) is 6.92 Å². The third kappa shape index (κ3) is 3.06. The maximum Gasteiger partial charge on any atom is 0.202 e. The molecule has 2 aromatic rings. The van der Waals surface area contributed by atoms with E-state index in [0.29, 0.717) is 5.69 Å². The van der Waals surface area contributed by atoms with Crippen molar-refractivity contribution >= 4 is 28.7 Å². The summed E-state index contributed by atoms with van der Waals surface area (Å²) in [4.78, 5) is 0. The first-order chi connectivity index (χ1) is 8.66. The Hall–Kier alpha value is -1.91. The Morgan fingerprint density at radius 3 is 2.28 bits per heavy atom. The Bertz CT molecular complexity index is 525. The zero-order valence-corrected chi connectivity index (χ0v) is 10.8. The summed E-state index contributed by atoms with van der Waals surface area (Å²) in [5.41, 5.74) is 2.65.